The molecule has 0 aliphatic heterocycles. The van der Waals surface area contributed by atoms with Crippen LogP contribution in [0.5, 0.6) is 0 Å². The fourth-order valence-electron chi connectivity index (χ4n) is 2.78. The number of hydrogen-bond donors (Lipinski definition) is 0. The minimum Gasteiger partial charge on any atom is -0.465 e. The van der Waals surface area contributed by atoms with Gasteiger partial charge in [-0.2, -0.15) is 0 Å². The third-order valence-electron chi connectivity index (χ3n) is 4.28. The summed E-state index contributed by atoms with van der Waals surface area (Å²) < 4.78 is 6.00. The summed E-state index contributed by atoms with van der Waals surface area (Å²) in [5.41, 5.74) is 0. The molecular formula is C18H42OSi2. The average molecular weight is 331 g/mol. The summed E-state index contributed by atoms with van der Waals surface area (Å²) in [6.45, 7) is 4.58. The zero-order valence-corrected chi connectivity index (χ0v) is 18.0. The molecular weight excluding hydrogens is 288 g/mol. The second kappa shape index (κ2) is 20.4. The van der Waals surface area contributed by atoms with Gasteiger partial charge in [-0.1, -0.05) is 104 Å². The number of unbranched alkanes of at least 4 members (excludes halogenated alkanes) is 12. The molecule has 0 saturated carbocycles. The molecule has 0 unspecified atom stereocenters. The van der Waals surface area contributed by atoms with Gasteiger partial charge in [-0.05, 0) is 12.1 Å². The van der Waals surface area contributed by atoms with Gasteiger partial charge in [0.15, 0.2) is 0 Å². The van der Waals surface area contributed by atoms with Crippen LogP contribution in [0.15, 0.2) is 0 Å². The maximum absolute atomic E-state index is 6.00. The summed E-state index contributed by atoms with van der Waals surface area (Å²) in [6, 6.07) is 2.88. The van der Waals surface area contributed by atoms with E-state index in [1.807, 2.05) is 0 Å². The van der Waals surface area contributed by atoms with Gasteiger partial charge in [0.05, 0.1) is 0 Å². The van der Waals surface area contributed by atoms with Gasteiger partial charge in [-0.15, -0.1) is 0 Å². The number of rotatable bonds is 18. The second-order valence-electron chi connectivity index (χ2n) is 6.56. The molecule has 0 aromatic carbocycles. The maximum Gasteiger partial charge on any atom is 0.146 e. The summed E-state index contributed by atoms with van der Waals surface area (Å²) in [6.07, 6.45) is 20.2. The van der Waals surface area contributed by atoms with Crippen molar-refractivity contribution >= 4 is 19.5 Å². The Balaban J connectivity index is 2.90. The van der Waals surface area contributed by atoms with Gasteiger partial charge in [0.25, 0.3) is 0 Å². The fourth-order valence-corrected chi connectivity index (χ4v) is 6.34. The van der Waals surface area contributed by atoms with Crippen LogP contribution in [0, 0.1) is 0 Å². The van der Waals surface area contributed by atoms with E-state index in [0.717, 1.165) is 0 Å². The molecule has 3 heteroatoms. The molecule has 128 valence electrons. The fraction of sp³-hybridized carbons (Fsp3) is 1.00. The van der Waals surface area contributed by atoms with Gasteiger partial charge in [0.2, 0.25) is 0 Å². The summed E-state index contributed by atoms with van der Waals surface area (Å²) >= 11 is 0. The SMILES string of the molecule is CCCCCCCCC[SiH2]O[SiH2]CCCCCCCCC. The molecule has 0 saturated heterocycles. The van der Waals surface area contributed by atoms with E-state index in [1.54, 1.807) is 0 Å². The van der Waals surface area contributed by atoms with Crippen LogP contribution in [0.3, 0.4) is 0 Å². The van der Waals surface area contributed by atoms with Crippen LogP contribution in [-0.2, 0) is 4.12 Å². The van der Waals surface area contributed by atoms with Crippen molar-refractivity contribution in [3.8, 4) is 0 Å². The van der Waals surface area contributed by atoms with Crippen LogP contribution in [0.1, 0.15) is 104 Å². The van der Waals surface area contributed by atoms with Gasteiger partial charge in [-0.25, -0.2) is 0 Å². The highest BCUT2D eigenvalue weighted by Crippen LogP contribution is 2.09. The molecule has 0 aromatic heterocycles. The molecule has 0 aliphatic carbocycles. The predicted octanol–water partition coefficient (Wildman–Crippen LogP) is 5.51. The lowest BCUT2D eigenvalue weighted by Crippen LogP contribution is -2.03. The molecule has 0 amide bonds. The highest BCUT2D eigenvalue weighted by Gasteiger charge is 1.95. The van der Waals surface area contributed by atoms with Crippen molar-refractivity contribution < 1.29 is 4.12 Å². The van der Waals surface area contributed by atoms with Crippen molar-refractivity contribution in [3.05, 3.63) is 0 Å². The lowest BCUT2D eigenvalue weighted by atomic mass is 10.1. The Morgan fingerprint density at radius 1 is 0.476 bits per heavy atom. The number of hydrogen-bond acceptors (Lipinski definition) is 1. The van der Waals surface area contributed by atoms with E-state index in [2.05, 4.69) is 13.8 Å². The largest absolute Gasteiger partial charge is 0.465 e. The quantitative estimate of drug-likeness (QED) is 0.238. The third kappa shape index (κ3) is 20.4. The van der Waals surface area contributed by atoms with Gasteiger partial charge in [0, 0.05) is 0 Å². The first-order valence-electron chi connectivity index (χ1n) is 9.99. The van der Waals surface area contributed by atoms with Crippen molar-refractivity contribution in [2.45, 2.75) is 116 Å². The van der Waals surface area contributed by atoms with Gasteiger partial charge < -0.3 is 4.12 Å². The third-order valence-corrected chi connectivity index (χ3v) is 8.17. The van der Waals surface area contributed by atoms with Crippen LogP contribution in [0.4, 0.5) is 0 Å². The molecule has 0 bridgehead atoms. The Kier molecular flexibility index (Phi) is 20.8. The monoisotopic (exact) mass is 330 g/mol. The van der Waals surface area contributed by atoms with Crippen LogP contribution in [-0.4, -0.2) is 19.5 Å². The minimum atomic E-state index is -0.122. The standard InChI is InChI=1S/C18H42OSi2/c1-3-5-7-9-11-13-15-17-20-19-21-18-16-14-12-10-8-6-4-2/h3-18,20-21H2,1-2H3. The first-order chi connectivity index (χ1) is 10.4. The maximum atomic E-state index is 6.00. The molecule has 21 heavy (non-hydrogen) atoms. The van der Waals surface area contributed by atoms with Gasteiger partial charge in [-0.3, -0.25) is 0 Å². The van der Waals surface area contributed by atoms with Crippen molar-refractivity contribution in [1.82, 2.24) is 0 Å². The van der Waals surface area contributed by atoms with Gasteiger partial charge in [0.1, 0.15) is 19.5 Å². The van der Waals surface area contributed by atoms with Crippen LogP contribution in [0.25, 0.3) is 0 Å². The lowest BCUT2D eigenvalue weighted by molar-refractivity contribution is 0.579. The summed E-state index contributed by atoms with van der Waals surface area (Å²) in [5.74, 6) is 0. The van der Waals surface area contributed by atoms with Crippen molar-refractivity contribution in [1.29, 1.82) is 0 Å². The zero-order chi connectivity index (χ0) is 15.4. The molecule has 0 aromatic rings. The molecule has 0 heterocycles. The molecule has 0 radical (unpaired) electrons. The van der Waals surface area contributed by atoms with Crippen molar-refractivity contribution in [2.24, 2.45) is 0 Å². The molecule has 0 spiro atoms. The van der Waals surface area contributed by atoms with E-state index in [9.17, 15) is 0 Å². The minimum absolute atomic E-state index is 0.122. The molecule has 1 nitrogen and oxygen atoms in total. The Morgan fingerprint density at radius 3 is 1.19 bits per heavy atom. The Morgan fingerprint density at radius 2 is 0.810 bits per heavy atom. The molecule has 0 atom stereocenters. The van der Waals surface area contributed by atoms with E-state index >= 15 is 0 Å². The molecule has 0 N–H and O–H groups in total. The van der Waals surface area contributed by atoms with Crippen LogP contribution in [0.2, 0.25) is 12.1 Å². The second-order valence-corrected chi connectivity index (χ2v) is 10.4. The summed E-state index contributed by atoms with van der Waals surface area (Å²) in [5, 5.41) is 0. The van der Waals surface area contributed by atoms with Crippen LogP contribution >= 0.6 is 0 Å². The van der Waals surface area contributed by atoms with Crippen LogP contribution < -0.4 is 0 Å². The van der Waals surface area contributed by atoms with Gasteiger partial charge >= 0.3 is 0 Å². The van der Waals surface area contributed by atoms with E-state index in [4.69, 9.17) is 4.12 Å². The topological polar surface area (TPSA) is 9.23 Å². The first-order valence-corrected chi connectivity index (χ1v) is 13.1. The zero-order valence-electron chi connectivity index (χ0n) is 15.1. The lowest BCUT2D eigenvalue weighted by Gasteiger charge is -2.04. The summed E-state index contributed by atoms with van der Waals surface area (Å²) in [4.78, 5) is 0. The average Bonchev–Trinajstić information content (AvgIpc) is 2.50. The van der Waals surface area contributed by atoms with E-state index < -0.39 is 0 Å². The predicted molar refractivity (Wildman–Crippen MR) is 104 cm³/mol. The van der Waals surface area contributed by atoms with E-state index in [0.29, 0.717) is 0 Å². The van der Waals surface area contributed by atoms with E-state index in [-0.39, 0.29) is 19.5 Å². The Bertz CT molecular complexity index is 159. The molecule has 0 aliphatic rings. The Labute approximate surface area is 139 Å². The molecule has 0 rings (SSSR count). The van der Waals surface area contributed by atoms with E-state index in [1.165, 1.54) is 102 Å². The van der Waals surface area contributed by atoms with Crippen molar-refractivity contribution in [2.75, 3.05) is 0 Å². The first kappa shape index (κ1) is 21.4. The summed E-state index contributed by atoms with van der Waals surface area (Å²) in [7, 11) is -0.243. The highest BCUT2D eigenvalue weighted by atomic mass is 28.3. The smallest absolute Gasteiger partial charge is 0.146 e. The molecule has 0 fully saturated rings. The Hall–Kier alpha value is 0.394. The van der Waals surface area contributed by atoms with Crippen molar-refractivity contribution in [3.63, 3.8) is 0 Å². The normalized spacial score (nSPS) is 12.3. The highest BCUT2D eigenvalue weighted by molar-refractivity contribution is 6.42.